The molecule has 0 fully saturated rings. The van der Waals surface area contributed by atoms with Gasteiger partial charge in [-0.15, -0.1) is 0 Å². The van der Waals surface area contributed by atoms with Crippen molar-refractivity contribution in [2.24, 2.45) is 5.92 Å². The van der Waals surface area contributed by atoms with Crippen LogP contribution >= 0.6 is 0 Å². The number of carbonyl (C=O) groups is 1. The number of ether oxygens (including phenoxy) is 1. The van der Waals surface area contributed by atoms with Crippen molar-refractivity contribution in [2.75, 3.05) is 7.11 Å². The van der Waals surface area contributed by atoms with Gasteiger partial charge in [-0.3, -0.25) is 4.79 Å². The molecule has 0 bridgehead atoms. The second-order valence-corrected chi connectivity index (χ2v) is 4.52. The van der Waals surface area contributed by atoms with Gasteiger partial charge in [0.2, 0.25) is 0 Å². The molecule has 0 heterocycles. The van der Waals surface area contributed by atoms with Crippen LogP contribution in [0.2, 0.25) is 0 Å². The Morgan fingerprint density at radius 3 is 2.68 bits per heavy atom. The van der Waals surface area contributed by atoms with Gasteiger partial charge >= 0.3 is 12.1 Å². The zero-order valence-corrected chi connectivity index (χ0v) is 10.2. The summed E-state index contributed by atoms with van der Waals surface area (Å²) in [5.74, 6) is -1.26. The first-order valence-electron chi connectivity index (χ1n) is 5.80. The van der Waals surface area contributed by atoms with Gasteiger partial charge < -0.3 is 9.84 Å². The molecule has 6 heteroatoms. The van der Waals surface area contributed by atoms with E-state index < -0.39 is 29.7 Å². The van der Waals surface area contributed by atoms with E-state index in [2.05, 4.69) is 4.74 Å². The normalized spacial score (nSPS) is 22.8. The number of fused-ring (bicyclic) bond motifs is 1. The van der Waals surface area contributed by atoms with E-state index >= 15 is 0 Å². The molecule has 1 aliphatic rings. The number of aliphatic hydroxyl groups excluding tert-OH is 1. The summed E-state index contributed by atoms with van der Waals surface area (Å²) in [4.78, 5) is 11.5. The van der Waals surface area contributed by atoms with Crippen molar-refractivity contribution in [3.63, 3.8) is 0 Å². The third-order valence-corrected chi connectivity index (χ3v) is 3.40. The maximum Gasteiger partial charge on any atom is 0.416 e. The highest BCUT2D eigenvalue weighted by molar-refractivity contribution is 5.74. The molecule has 0 radical (unpaired) electrons. The lowest BCUT2D eigenvalue weighted by molar-refractivity contribution is -0.150. The highest BCUT2D eigenvalue weighted by Gasteiger charge is 2.36. The van der Waals surface area contributed by atoms with E-state index in [1.165, 1.54) is 13.2 Å². The molecule has 0 amide bonds. The summed E-state index contributed by atoms with van der Waals surface area (Å²) in [5, 5.41) is 10.0. The molecule has 1 aromatic rings. The van der Waals surface area contributed by atoms with E-state index in [9.17, 15) is 23.1 Å². The van der Waals surface area contributed by atoms with Crippen molar-refractivity contribution in [2.45, 2.75) is 25.1 Å². The number of hydrogen-bond acceptors (Lipinski definition) is 3. The van der Waals surface area contributed by atoms with Gasteiger partial charge in [0.15, 0.2) is 0 Å². The number of hydrogen-bond donors (Lipinski definition) is 1. The predicted molar refractivity (Wildman–Crippen MR) is 60.2 cm³/mol. The molecular weight excluding hydrogens is 261 g/mol. The molecule has 19 heavy (non-hydrogen) atoms. The molecule has 2 rings (SSSR count). The average molecular weight is 274 g/mol. The molecule has 0 saturated carbocycles. The summed E-state index contributed by atoms with van der Waals surface area (Å²) in [6.45, 7) is 0. The van der Waals surface area contributed by atoms with Crippen molar-refractivity contribution >= 4 is 5.97 Å². The first-order chi connectivity index (χ1) is 8.84. The number of esters is 1. The van der Waals surface area contributed by atoms with Crippen molar-refractivity contribution in [3.8, 4) is 0 Å². The third kappa shape index (κ3) is 2.58. The fourth-order valence-electron chi connectivity index (χ4n) is 2.37. The van der Waals surface area contributed by atoms with Gasteiger partial charge in [-0.2, -0.15) is 13.2 Å². The fraction of sp³-hybridized carbons (Fsp3) is 0.462. The Kier molecular flexibility index (Phi) is 3.54. The van der Waals surface area contributed by atoms with Crippen LogP contribution in [0.1, 0.15) is 29.2 Å². The summed E-state index contributed by atoms with van der Waals surface area (Å²) < 4.78 is 42.3. The largest absolute Gasteiger partial charge is 0.469 e. The molecule has 3 nitrogen and oxygen atoms in total. The molecule has 1 N–H and O–H groups in total. The molecule has 0 aliphatic heterocycles. The van der Waals surface area contributed by atoms with Gasteiger partial charge in [0, 0.05) is 0 Å². The van der Waals surface area contributed by atoms with Crippen molar-refractivity contribution < 1.29 is 27.8 Å². The quantitative estimate of drug-likeness (QED) is 0.800. The van der Waals surface area contributed by atoms with Gasteiger partial charge in [-0.25, -0.2) is 0 Å². The number of halogens is 3. The predicted octanol–water partition coefficient (Wildman–Crippen LogP) is 2.47. The van der Waals surface area contributed by atoms with E-state index in [0.717, 1.165) is 12.1 Å². The van der Waals surface area contributed by atoms with Crippen LogP contribution in [0.15, 0.2) is 18.2 Å². The number of benzene rings is 1. The first kappa shape index (κ1) is 13.9. The average Bonchev–Trinajstić information content (AvgIpc) is 2.37. The lowest BCUT2D eigenvalue weighted by atomic mass is 9.81. The van der Waals surface area contributed by atoms with Crippen molar-refractivity contribution in [1.82, 2.24) is 0 Å². The van der Waals surface area contributed by atoms with Gasteiger partial charge in [-0.1, -0.05) is 6.07 Å². The van der Waals surface area contributed by atoms with Crippen LogP contribution in [0.5, 0.6) is 0 Å². The highest BCUT2D eigenvalue weighted by Crippen LogP contribution is 2.38. The van der Waals surface area contributed by atoms with Crippen LogP contribution in [0.4, 0.5) is 13.2 Å². The van der Waals surface area contributed by atoms with Crippen LogP contribution in [-0.2, 0) is 22.1 Å². The molecule has 104 valence electrons. The fourth-order valence-corrected chi connectivity index (χ4v) is 2.37. The number of carbonyl (C=O) groups excluding carboxylic acids is 1. The standard InChI is InChI=1S/C13H13F3O3/c1-19-12(18)10-4-2-7-6-8(13(14,15)16)3-5-9(7)11(10)17/h3,5-6,10-11,17H,2,4H2,1H3. The molecule has 2 unspecified atom stereocenters. The molecule has 0 saturated heterocycles. The molecule has 1 aromatic carbocycles. The van der Waals surface area contributed by atoms with Crippen LogP contribution in [0.25, 0.3) is 0 Å². The van der Waals surface area contributed by atoms with E-state index in [4.69, 9.17) is 0 Å². The Hall–Kier alpha value is -1.56. The molecule has 0 aromatic heterocycles. The second-order valence-electron chi connectivity index (χ2n) is 4.52. The molecular formula is C13H13F3O3. The summed E-state index contributed by atoms with van der Waals surface area (Å²) >= 11 is 0. The number of alkyl halides is 3. The van der Waals surface area contributed by atoms with E-state index in [1.54, 1.807) is 0 Å². The van der Waals surface area contributed by atoms with E-state index in [0.29, 0.717) is 17.5 Å². The van der Waals surface area contributed by atoms with Gasteiger partial charge in [0.25, 0.3) is 0 Å². The second kappa shape index (κ2) is 4.85. The van der Waals surface area contributed by atoms with Gasteiger partial charge in [-0.05, 0) is 36.1 Å². The zero-order chi connectivity index (χ0) is 14.2. The molecule has 2 atom stereocenters. The highest BCUT2D eigenvalue weighted by atomic mass is 19.4. The Labute approximate surface area is 108 Å². The number of rotatable bonds is 1. The summed E-state index contributed by atoms with van der Waals surface area (Å²) in [7, 11) is 1.22. The lowest BCUT2D eigenvalue weighted by Crippen LogP contribution is -2.28. The van der Waals surface area contributed by atoms with E-state index in [-0.39, 0.29) is 6.42 Å². The van der Waals surface area contributed by atoms with Crippen molar-refractivity contribution in [3.05, 3.63) is 34.9 Å². The minimum absolute atomic E-state index is 0.280. The monoisotopic (exact) mass is 274 g/mol. The SMILES string of the molecule is COC(=O)C1CCc2cc(C(F)(F)F)ccc2C1O. The van der Waals surface area contributed by atoms with Crippen LogP contribution in [0, 0.1) is 5.92 Å². The minimum atomic E-state index is -4.40. The van der Waals surface area contributed by atoms with Crippen LogP contribution < -0.4 is 0 Å². The maximum absolute atomic E-state index is 12.6. The van der Waals surface area contributed by atoms with Gasteiger partial charge in [0.05, 0.1) is 24.7 Å². The van der Waals surface area contributed by atoms with Crippen LogP contribution in [0.3, 0.4) is 0 Å². The minimum Gasteiger partial charge on any atom is -0.469 e. The first-order valence-corrected chi connectivity index (χ1v) is 5.80. The van der Waals surface area contributed by atoms with E-state index in [1.807, 2.05) is 0 Å². The topological polar surface area (TPSA) is 46.5 Å². The van der Waals surface area contributed by atoms with Crippen molar-refractivity contribution in [1.29, 1.82) is 0 Å². The maximum atomic E-state index is 12.6. The number of methoxy groups -OCH3 is 1. The zero-order valence-electron chi connectivity index (χ0n) is 10.2. The third-order valence-electron chi connectivity index (χ3n) is 3.40. The number of aliphatic hydroxyl groups is 1. The molecule has 1 aliphatic carbocycles. The number of aryl methyl sites for hydroxylation is 1. The Morgan fingerprint density at radius 2 is 2.11 bits per heavy atom. The summed E-state index contributed by atoms with van der Waals surface area (Å²) in [5.41, 5.74) is 0.0621. The summed E-state index contributed by atoms with van der Waals surface area (Å²) in [6, 6.07) is 3.19. The summed E-state index contributed by atoms with van der Waals surface area (Å²) in [6.07, 6.45) is -4.92. The molecule has 0 spiro atoms. The lowest BCUT2D eigenvalue weighted by Gasteiger charge is -2.28. The Bertz CT molecular complexity index is 496. The Morgan fingerprint density at radius 1 is 1.42 bits per heavy atom. The van der Waals surface area contributed by atoms with Crippen LogP contribution in [-0.4, -0.2) is 18.2 Å². The smallest absolute Gasteiger partial charge is 0.416 e. The van der Waals surface area contributed by atoms with Gasteiger partial charge in [0.1, 0.15) is 0 Å². The Balaban J connectivity index is 2.34.